The summed E-state index contributed by atoms with van der Waals surface area (Å²) in [6.45, 7) is 0. The molecule has 0 radical (unpaired) electrons. The van der Waals surface area contributed by atoms with Gasteiger partial charge in [-0.25, -0.2) is 0 Å². The Balaban J connectivity index is 0.000000561. The minimum Gasteiger partial charge on any atom is -0.383 e. The molecule has 0 saturated carbocycles. The lowest BCUT2D eigenvalue weighted by atomic mass is 10.3. The van der Waals surface area contributed by atoms with E-state index in [0.717, 1.165) is 5.75 Å². The molecule has 12 heavy (non-hydrogen) atoms. The lowest BCUT2D eigenvalue weighted by Crippen LogP contribution is -2.15. The Morgan fingerprint density at radius 3 is 2.25 bits per heavy atom. The summed E-state index contributed by atoms with van der Waals surface area (Å²) in [5.41, 5.74) is 6.76. The number of hydrogen-bond donors (Lipinski definition) is 2. The van der Waals surface area contributed by atoms with Crippen LogP contribution in [0, 0.1) is 0 Å². The maximum atomic E-state index is 4.88. The van der Waals surface area contributed by atoms with Gasteiger partial charge in [-0.3, -0.25) is 4.84 Å². The maximum absolute atomic E-state index is 4.88. The molecule has 0 saturated heterocycles. The summed E-state index contributed by atoms with van der Waals surface area (Å²) in [4.78, 5) is 9.36. The highest BCUT2D eigenvalue weighted by atomic mass is 16.9. The SMILES string of the molecule is CN.CONOc1ccccc1. The Labute approximate surface area is 72.2 Å². The lowest BCUT2D eigenvalue weighted by molar-refractivity contribution is -0.0796. The Morgan fingerprint density at radius 2 is 1.75 bits per heavy atom. The zero-order valence-electron chi connectivity index (χ0n) is 7.28. The summed E-state index contributed by atoms with van der Waals surface area (Å²) in [5.74, 6) is 0.726. The van der Waals surface area contributed by atoms with Gasteiger partial charge in [0.25, 0.3) is 0 Å². The molecule has 0 aromatic heterocycles. The molecule has 68 valence electrons. The smallest absolute Gasteiger partial charge is 0.150 e. The molecule has 1 aromatic rings. The summed E-state index contributed by atoms with van der Waals surface area (Å²) in [6.07, 6.45) is 0. The van der Waals surface area contributed by atoms with Crippen molar-refractivity contribution in [2.24, 2.45) is 5.73 Å². The molecule has 1 rings (SSSR count). The molecule has 0 fully saturated rings. The summed E-state index contributed by atoms with van der Waals surface area (Å²) in [5, 5.41) is 0. The van der Waals surface area contributed by atoms with Crippen molar-refractivity contribution in [3.05, 3.63) is 30.3 Å². The van der Waals surface area contributed by atoms with Crippen LogP contribution in [0.1, 0.15) is 0 Å². The molecule has 0 atom stereocenters. The number of rotatable bonds is 3. The van der Waals surface area contributed by atoms with Crippen molar-refractivity contribution in [3.8, 4) is 5.75 Å². The second kappa shape index (κ2) is 8.00. The molecule has 0 aliphatic heterocycles. The highest BCUT2D eigenvalue weighted by molar-refractivity contribution is 5.20. The first-order valence-corrected chi connectivity index (χ1v) is 3.51. The van der Waals surface area contributed by atoms with Gasteiger partial charge in [0.1, 0.15) is 5.75 Å². The van der Waals surface area contributed by atoms with Gasteiger partial charge in [-0.15, -0.1) is 0 Å². The summed E-state index contributed by atoms with van der Waals surface area (Å²) < 4.78 is 0. The third kappa shape index (κ3) is 4.68. The van der Waals surface area contributed by atoms with E-state index in [9.17, 15) is 0 Å². The van der Waals surface area contributed by atoms with Gasteiger partial charge in [-0.2, -0.15) is 0 Å². The van der Waals surface area contributed by atoms with E-state index in [1.807, 2.05) is 30.3 Å². The fraction of sp³-hybridized carbons (Fsp3) is 0.250. The van der Waals surface area contributed by atoms with Gasteiger partial charge in [0.2, 0.25) is 0 Å². The van der Waals surface area contributed by atoms with E-state index in [4.69, 9.17) is 4.84 Å². The van der Waals surface area contributed by atoms with E-state index in [0.29, 0.717) is 0 Å². The van der Waals surface area contributed by atoms with Gasteiger partial charge in [-0.1, -0.05) is 18.2 Å². The molecule has 0 aliphatic carbocycles. The Hall–Kier alpha value is -1.10. The quantitative estimate of drug-likeness (QED) is 0.656. The molecule has 4 nitrogen and oxygen atoms in total. The van der Waals surface area contributed by atoms with Gasteiger partial charge >= 0.3 is 0 Å². The maximum Gasteiger partial charge on any atom is 0.150 e. The van der Waals surface area contributed by atoms with Gasteiger partial charge in [-0.05, 0) is 24.8 Å². The summed E-state index contributed by atoms with van der Waals surface area (Å²) in [6, 6.07) is 9.33. The predicted octanol–water partition coefficient (Wildman–Crippen LogP) is 0.706. The average molecular weight is 170 g/mol. The number of nitrogens with one attached hydrogen (secondary N) is 1. The van der Waals surface area contributed by atoms with Gasteiger partial charge in [0.05, 0.1) is 7.11 Å². The zero-order valence-corrected chi connectivity index (χ0v) is 7.28. The Morgan fingerprint density at radius 1 is 1.17 bits per heavy atom. The highest BCUT2D eigenvalue weighted by Gasteiger charge is 1.86. The largest absolute Gasteiger partial charge is 0.383 e. The second-order valence-corrected chi connectivity index (χ2v) is 1.70. The van der Waals surface area contributed by atoms with Crippen LogP contribution in [0.3, 0.4) is 0 Å². The first-order valence-electron chi connectivity index (χ1n) is 3.51. The van der Waals surface area contributed by atoms with E-state index < -0.39 is 0 Å². The normalized spacial score (nSPS) is 8.25. The topological polar surface area (TPSA) is 56.5 Å². The third-order valence-electron chi connectivity index (χ3n) is 0.986. The van der Waals surface area contributed by atoms with Crippen LogP contribution < -0.4 is 16.2 Å². The van der Waals surface area contributed by atoms with Crippen LogP contribution >= 0.6 is 0 Å². The van der Waals surface area contributed by atoms with Crippen LogP contribution in [-0.4, -0.2) is 14.2 Å². The Kier molecular flexibility index (Phi) is 7.27. The van der Waals surface area contributed by atoms with Crippen LogP contribution in [0.5, 0.6) is 5.75 Å². The van der Waals surface area contributed by atoms with Crippen molar-refractivity contribution in [1.29, 1.82) is 0 Å². The first-order chi connectivity index (χ1) is 5.93. The molecule has 1 aromatic carbocycles. The molecule has 0 heterocycles. The number of nitrogens with two attached hydrogens (primary N) is 1. The summed E-state index contributed by atoms with van der Waals surface area (Å²) in [7, 11) is 2.99. The molecular weight excluding hydrogens is 156 g/mol. The van der Waals surface area contributed by atoms with Crippen molar-refractivity contribution in [3.63, 3.8) is 0 Å². The van der Waals surface area contributed by atoms with Crippen LogP contribution in [0.2, 0.25) is 0 Å². The van der Waals surface area contributed by atoms with Crippen LogP contribution in [0.4, 0.5) is 0 Å². The Bertz CT molecular complexity index is 180. The van der Waals surface area contributed by atoms with Gasteiger partial charge in [0.15, 0.2) is 0 Å². The number of hydrogen-bond acceptors (Lipinski definition) is 4. The van der Waals surface area contributed by atoms with Gasteiger partial charge < -0.3 is 10.6 Å². The van der Waals surface area contributed by atoms with E-state index in [2.05, 4.69) is 16.2 Å². The number of para-hydroxylation sites is 1. The van der Waals surface area contributed by atoms with E-state index in [1.54, 1.807) is 0 Å². The van der Waals surface area contributed by atoms with Crippen molar-refractivity contribution in [2.75, 3.05) is 14.2 Å². The lowest BCUT2D eigenvalue weighted by Gasteiger charge is -2.01. The minimum absolute atomic E-state index is 0.726. The predicted molar refractivity (Wildman–Crippen MR) is 47.3 cm³/mol. The molecule has 4 heteroatoms. The van der Waals surface area contributed by atoms with E-state index >= 15 is 0 Å². The molecule has 0 aliphatic rings. The molecule has 0 bridgehead atoms. The monoisotopic (exact) mass is 170 g/mol. The van der Waals surface area contributed by atoms with Crippen molar-refractivity contribution in [1.82, 2.24) is 5.64 Å². The average Bonchev–Trinajstić information content (AvgIpc) is 2.19. The van der Waals surface area contributed by atoms with Crippen LogP contribution in [0.25, 0.3) is 0 Å². The first kappa shape index (κ1) is 10.9. The molecular formula is C8H14N2O2. The molecule has 0 spiro atoms. The third-order valence-corrected chi connectivity index (χ3v) is 0.986. The van der Waals surface area contributed by atoms with Crippen molar-refractivity contribution < 1.29 is 9.68 Å². The van der Waals surface area contributed by atoms with Crippen molar-refractivity contribution in [2.45, 2.75) is 0 Å². The van der Waals surface area contributed by atoms with Crippen LogP contribution in [0.15, 0.2) is 30.3 Å². The van der Waals surface area contributed by atoms with E-state index in [-0.39, 0.29) is 0 Å². The fourth-order valence-corrected chi connectivity index (χ4v) is 0.578. The highest BCUT2D eigenvalue weighted by Crippen LogP contribution is 2.05. The van der Waals surface area contributed by atoms with Crippen LogP contribution in [-0.2, 0) is 4.84 Å². The molecule has 0 amide bonds. The second-order valence-electron chi connectivity index (χ2n) is 1.70. The molecule has 3 N–H and O–H groups in total. The van der Waals surface area contributed by atoms with Crippen molar-refractivity contribution >= 4 is 0 Å². The summed E-state index contributed by atoms with van der Waals surface area (Å²) >= 11 is 0. The van der Waals surface area contributed by atoms with Gasteiger partial charge in [0, 0.05) is 0 Å². The standard InChI is InChI=1S/C7H9NO2.CH5N/c1-9-8-10-7-5-3-2-4-6-7;1-2/h2-6,8H,1H3;2H2,1H3. The zero-order chi connectivity index (χ0) is 9.23. The fourth-order valence-electron chi connectivity index (χ4n) is 0.578. The van der Waals surface area contributed by atoms with E-state index in [1.165, 1.54) is 14.2 Å². The molecule has 0 unspecified atom stereocenters. The number of benzene rings is 1. The minimum atomic E-state index is 0.726.